The molecule has 2 amide bonds. The summed E-state index contributed by atoms with van der Waals surface area (Å²) in [5.74, 6) is -1.63. The number of benzene rings is 2. The maximum absolute atomic E-state index is 12.9. The van der Waals surface area contributed by atoms with E-state index >= 15 is 0 Å². The van der Waals surface area contributed by atoms with Gasteiger partial charge in [-0.05, 0) is 55.8 Å². The van der Waals surface area contributed by atoms with Crippen LogP contribution >= 0.6 is 11.6 Å². The summed E-state index contributed by atoms with van der Waals surface area (Å²) < 4.78 is 43.7. The second-order valence-electron chi connectivity index (χ2n) is 6.92. The van der Waals surface area contributed by atoms with Crippen molar-refractivity contribution in [2.75, 3.05) is 16.8 Å². The van der Waals surface area contributed by atoms with Crippen molar-refractivity contribution in [2.45, 2.75) is 32.0 Å². The number of nitrogens with one attached hydrogen (secondary N) is 1. The summed E-state index contributed by atoms with van der Waals surface area (Å²) in [5.41, 5.74) is -0.409. The SMILES string of the molecule is CC(OC(=O)c1ccc(N2CCCC2=O)cc1)C(=O)Nc1cc(C(F)(F)F)ccc1Cl. The molecule has 1 unspecified atom stereocenters. The lowest BCUT2D eigenvalue weighted by molar-refractivity contribution is -0.137. The zero-order valence-corrected chi connectivity index (χ0v) is 17.1. The van der Waals surface area contributed by atoms with Gasteiger partial charge in [-0.15, -0.1) is 0 Å². The van der Waals surface area contributed by atoms with Gasteiger partial charge in [0.2, 0.25) is 5.91 Å². The first-order valence-electron chi connectivity index (χ1n) is 9.35. The molecule has 164 valence electrons. The summed E-state index contributed by atoms with van der Waals surface area (Å²) in [6, 6.07) is 8.66. The Morgan fingerprint density at radius 3 is 2.42 bits per heavy atom. The summed E-state index contributed by atoms with van der Waals surface area (Å²) in [4.78, 5) is 38.0. The molecular weight excluding hydrogens is 437 g/mol. The summed E-state index contributed by atoms with van der Waals surface area (Å²) in [7, 11) is 0. The van der Waals surface area contributed by atoms with Crippen molar-refractivity contribution in [1.29, 1.82) is 0 Å². The molecule has 1 atom stereocenters. The third-order valence-corrected chi connectivity index (χ3v) is 5.02. The van der Waals surface area contributed by atoms with E-state index in [1.54, 1.807) is 17.0 Å². The first-order chi connectivity index (χ1) is 14.6. The number of ether oxygens (including phenoxy) is 1. The van der Waals surface area contributed by atoms with Gasteiger partial charge in [0.25, 0.3) is 5.91 Å². The second kappa shape index (κ2) is 8.97. The van der Waals surface area contributed by atoms with Gasteiger partial charge in [-0.2, -0.15) is 13.2 Å². The molecule has 1 saturated heterocycles. The fraction of sp³-hybridized carbons (Fsp3) is 0.286. The maximum atomic E-state index is 12.9. The lowest BCUT2D eigenvalue weighted by Gasteiger charge is -2.17. The van der Waals surface area contributed by atoms with Crippen molar-refractivity contribution in [2.24, 2.45) is 0 Å². The highest BCUT2D eigenvalue weighted by molar-refractivity contribution is 6.33. The summed E-state index contributed by atoms with van der Waals surface area (Å²) in [5, 5.41) is 2.15. The van der Waals surface area contributed by atoms with Crippen LogP contribution < -0.4 is 10.2 Å². The molecule has 0 aromatic heterocycles. The number of nitrogens with zero attached hydrogens (tertiary/aromatic N) is 1. The molecule has 1 fully saturated rings. The molecule has 6 nitrogen and oxygen atoms in total. The Hall–Kier alpha value is -3.07. The largest absolute Gasteiger partial charge is 0.449 e. The topological polar surface area (TPSA) is 75.7 Å². The van der Waals surface area contributed by atoms with Crippen molar-refractivity contribution in [3.63, 3.8) is 0 Å². The van der Waals surface area contributed by atoms with E-state index < -0.39 is 29.7 Å². The highest BCUT2D eigenvalue weighted by Crippen LogP contribution is 2.34. The minimum absolute atomic E-state index is 0.00822. The quantitative estimate of drug-likeness (QED) is 0.666. The first kappa shape index (κ1) is 22.6. The highest BCUT2D eigenvalue weighted by atomic mass is 35.5. The average molecular weight is 455 g/mol. The van der Waals surface area contributed by atoms with Gasteiger partial charge in [-0.25, -0.2) is 4.79 Å². The Bertz CT molecular complexity index is 1010. The van der Waals surface area contributed by atoms with Crippen LogP contribution in [0, 0.1) is 0 Å². The Morgan fingerprint density at radius 2 is 1.84 bits per heavy atom. The molecule has 2 aromatic rings. The predicted octanol–water partition coefficient (Wildman–Crippen LogP) is 4.67. The molecule has 1 aliphatic heterocycles. The van der Waals surface area contributed by atoms with E-state index in [2.05, 4.69) is 5.32 Å². The van der Waals surface area contributed by atoms with Crippen LogP contribution in [0.2, 0.25) is 5.02 Å². The zero-order valence-electron chi connectivity index (χ0n) is 16.3. The highest BCUT2D eigenvalue weighted by Gasteiger charge is 2.31. The Balaban J connectivity index is 1.63. The van der Waals surface area contributed by atoms with Gasteiger partial charge in [-0.1, -0.05) is 11.6 Å². The maximum Gasteiger partial charge on any atom is 0.416 e. The van der Waals surface area contributed by atoms with Gasteiger partial charge in [0, 0.05) is 18.7 Å². The summed E-state index contributed by atoms with van der Waals surface area (Å²) in [6.45, 7) is 1.89. The molecule has 1 N–H and O–H groups in total. The van der Waals surface area contributed by atoms with E-state index in [-0.39, 0.29) is 22.2 Å². The van der Waals surface area contributed by atoms with Crippen molar-refractivity contribution in [3.8, 4) is 0 Å². The van der Waals surface area contributed by atoms with E-state index in [0.29, 0.717) is 24.7 Å². The predicted molar refractivity (Wildman–Crippen MR) is 108 cm³/mol. The van der Waals surface area contributed by atoms with Crippen LogP contribution in [-0.2, 0) is 20.5 Å². The molecule has 0 saturated carbocycles. The van der Waals surface area contributed by atoms with Crippen LogP contribution in [0.5, 0.6) is 0 Å². The number of halogens is 4. The van der Waals surface area contributed by atoms with Crippen LogP contribution in [-0.4, -0.2) is 30.4 Å². The fourth-order valence-corrected chi connectivity index (χ4v) is 3.18. The first-order valence-corrected chi connectivity index (χ1v) is 9.73. The van der Waals surface area contributed by atoms with E-state index in [4.69, 9.17) is 16.3 Å². The van der Waals surface area contributed by atoms with E-state index in [9.17, 15) is 27.6 Å². The average Bonchev–Trinajstić information content (AvgIpc) is 3.14. The molecule has 31 heavy (non-hydrogen) atoms. The van der Waals surface area contributed by atoms with Crippen LogP contribution in [0.4, 0.5) is 24.5 Å². The van der Waals surface area contributed by atoms with Gasteiger partial charge in [0.1, 0.15) is 0 Å². The van der Waals surface area contributed by atoms with Crippen LogP contribution in [0.3, 0.4) is 0 Å². The molecule has 2 aromatic carbocycles. The smallest absolute Gasteiger partial charge is 0.416 e. The monoisotopic (exact) mass is 454 g/mol. The van der Waals surface area contributed by atoms with Gasteiger partial charge in [0.15, 0.2) is 6.10 Å². The van der Waals surface area contributed by atoms with Crippen molar-refractivity contribution in [1.82, 2.24) is 0 Å². The second-order valence-corrected chi connectivity index (χ2v) is 7.33. The van der Waals surface area contributed by atoms with Crippen LogP contribution in [0.1, 0.15) is 35.7 Å². The number of alkyl halides is 3. The minimum Gasteiger partial charge on any atom is -0.449 e. The third kappa shape index (κ3) is 5.35. The van der Waals surface area contributed by atoms with Crippen LogP contribution in [0.15, 0.2) is 42.5 Å². The van der Waals surface area contributed by atoms with Gasteiger partial charge < -0.3 is 15.0 Å². The lowest BCUT2D eigenvalue weighted by Crippen LogP contribution is -2.30. The third-order valence-electron chi connectivity index (χ3n) is 4.69. The Kier molecular flexibility index (Phi) is 6.54. The number of anilines is 2. The Morgan fingerprint density at radius 1 is 1.16 bits per heavy atom. The fourth-order valence-electron chi connectivity index (χ4n) is 3.01. The molecule has 0 spiro atoms. The van der Waals surface area contributed by atoms with Crippen molar-refractivity contribution >= 4 is 40.8 Å². The van der Waals surface area contributed by atoms with E-state index in [1.165, 1.54) is 19.1 Å². The van der Waals surface area contributed by atoms with Gasteiger partial charge >= 0.3 is 12.1 Å². The number of amides is 2. The number of rotatable bonds is 5. The molecule has 1 heterocycles. The number of hydrogen-bond donors (Lipinski definition) is 1. The van der Waals surface area contributed by atoms with E-state index in [0.717, 1.165) is 18.6 Å². The number of carbonyl (C=O) groups excluding carboxylic acids is 3. The zero-order chi connectivity index (χ0) is 22.8. The van der Waals surface area contributed by atoms with Crippen LogP contribution in [0.25, 0.3) is 0 Å². The van der Waals surface area contributed by atoms with Gasteiger partial charge in [0.05, 0.1) is 21.8 Å². The lowest BCUT2D eigenvalue weighted by atomic mass is 10.2. The molecule has 0 radical (unpaired) electrons. The molecule has 3 rings (SSSR count). The number of hydrogen-bond acceptors (Lipinski definition) is 4. The summed E-state index contributed by atoms with van der Waals surface area (Å²) >= 11 is 5.86. The standard InChI is InChI=1S/C21H18ClF3N2O4/c1-12(19(29)26-17-11-14(21(23,24)25)6-9-16(17)22)31-20(30)13-4-7-15(8-5-13)27-10-2-3-18(27)28/h4-9,11-12H,2-3,10H2,1H3,(H,26,29). The Labute approximate surface area is 180 Å². The molecule has 10 heteroatoms. The number of esters is 1. The normalized spacial score (nSPS) is 15.0. The molecule has 0 aliphatic carbocycles. The van der Waals surface area contributed by atoms with Crippen molar-refractivity contribution < 1.29 is 32.3 Å². The van der Waals surface area contributed by atoms with Crippen molar-refractivity contribution in [3.05, 3.63) is 58.6 Å². The summed E-state index contributed by atoms with van der Waals surface area (Å²) in [6.07, 6.45) is -4.65. The van der Waals surface area contributed by atoms with E-state index in [1.807, 2.05) is 0 Å². The van der Waals surface area contributed by atoms with Gasteiger partial charge in [-0.3, -0.25) is 9.59 Å². The minimum atomic E-state index is -4.60. The molecule has 1 aliphatic rings. The number of carbonyl (C=O) groups is 3. The molecule has 0 bridgehead atoms. The molecular formula is C21H18ClF3N2O4.